The summed E-state index contributed by atoms with van der Waals surface area (Å²) in [4.78, 5) is 36.3. The molecular formula is C24H29FO4S. The largest absolute Gasteiger partial charge is 0.456 e. The zero-order chi connectivity index (χ0) is 21.5. The summed E-state index contributed by atoms with van der Waals surface area (Å²) in [7, 11) is 0. The van der Waals surface area contributed by atoms with Crippen LogP contribution in [0.4, 0.5) is 4.39 Å². The Morgan fingerprint density at radius 2 is 2.03 bits per heavy atom. The molecular weight excluding hydrogens is 403 g/mol. The maximum atomic E-state index is 14.3. The van der Waals surface area contributed by atoms with E-state index in [9.17, 15) is 18.8 Å². The topological polar surface area (TPSA) is 60.4 Å². The van der Waals surface area contributed by atoms with Gasteiger partial charge in [0.1, 0.15) is 5.60 Å². The van der Waals surface area contributed by atoms with E-state index < -0.39 is 17.7 Å². The third kappa shape index (κ3) is 2.61. The molecule has 0 aromatic carbocycles. The van der Waals surface area contributed by atoms with Crippen LogP contribution in [0.5, 0.6) is 0 Å². The predicted molar refractivity (Wildman–Crippen MR) is 112 cm³/mol. The van der Waals surface area contributed by atoms with Gasteiger partial charge in [0.15, 0.2) is 10.9 Å². The summed E-state index contributed by atoms with van der Waals surface area (Å²) in [5, 5.41) is 0.152. The van der Waals surface area contributed by atoms with Gasteiger partial charge in [-0.15, -0.1) is 0 Å². The van der Waals surface area contributed by atoms with Gasteiger partial charge in [-0.05, 0) is 50.0 Å². The Morgan fingerprint density at radius 1 is 1.27 bits per heavy atom. The number of halogens is 1. The van der Waals surface area contributed by atoms with Crippen molar-refractivity contribution >= 4 is 28.6 Å². The van der Waals surface area contributed by atoms with Crippen LogP contribution < -0.4 is 0 Å². The van der Waals surface area contributed by atoms with E-state index >= 15 is 0 Å². The SMILES string of the molecule is CC(=O)S[C@@H]1CC2=CC(=O)CC[C@]2(C)C2=CC[C@@]3(C)C(CC[C@@]34CC(F)C(=O)O4)C21. The van der Waals surface area contributed by atoms with Gasteiger partial charge in [0, 0.05) is 35.8 Å². The summed E-state index contributed by atoms with van der Waals surface area (Å²) in [6, 6.07) is 0. The summed E-state index contributed by atoms with van der Waals surface area (Å²) in [5.74, 6) is -0.110. The second-order valence-corrected chi connectivity index (χ2v) is 11.8. The van der Waals surface area contributed by atoms with E-state index in [1.54, 1.807) is 6.92 Å². The van der Waals surface area contributed by atoms with Gasteiger partial charge in [0.2, 0.25) is 6.17 Å². The number of thioether (sulfide) groups is 1. The van der Waals surface area contributed by atoms with Gasteiger partial charge in [-0.3, -0.25) is 9.59 Å². The smallest absolute Gasteiger partial charge is 0.341 e. The number of esters is 1. The van der Waals surface area contributed by atoms with Crippen LogP contribution in [-0.2, 0) is 19.1 Å². The van der Waals surface area contributed by atoms with Crippen LogP contribution in [0.15, 0.2) is 23.3 Å². The minimum Gasteiger partial charge on any atom is -0.456 e. The fraction of sp³-hybridized carbons (Fsp3) is 0.708. The van der Waals surface area contributed by atoms with Crippen molar-refractivity contribution in [3.8, 4) is 0 Å². The minimum absolute atomic E-state index is 0.0667. The lowest BCUT2D eigenvalue weighted by Crippen LogP contribution is -2.53. The molecule has 0 amide bonds. The summed E-state index contributed by atoms with van der Waals surface area (Å²) < 4.78 is 20.0. The first-order chi connectivity index (χ1) is 14.1. The molecule has 0 bridgehead atoms. The number of alkyl halides is 1. The molecule has 4 aliphatic carbocycles. The average molecular weight is 433 g/mol. The van der Waals surface area contributed by atoms with Crippen molar-refractivity contribution in [1.82, 2.24) is 0 Å². The molecule has 3 fully saturated rings. The molecule has 3 unspecified atom stereocenters. The number of carbonyl (C=O) groups is 3. The molecule has 7 atom stereocenters. The number of carbonyl (C=O) groups excluding carboxylic acids is 3. The highest BCUT2D eigenvalue weighted by molar-refractivity contribution is 8.14. The first-order valence-electron chi connectivity index (χ1n) is 11.1. The van der Waals surface area contributed by atoms with Crippen LogP contribution in [-0.4, -0.2) is 33.9 Å². The zero-order valence-electron chi connectivity index (χ0n) is 17.8. The molecule has 1 spiro atoms. The second-order valence-electron chi connectivity index (χ2n) is 10.4. The van der Waals surface area contributed by atoms with Crippen LogP contribution in [0.1, 0.15) is 65.7 Å². The Balaban J connectivity index is 1.60. The van der Waals surface area contributed by atoms with E-state index in [4.69, 9.17) is 4.74 Å². The maximum absolute atomic E-state index is 14.3. The molecule has 4 nitrogen and oxygen atoms in total. The molecule has 2 saturated carbocycles. The number of fused-ring (bicyclic) bond motifs is 6. The molecule has 5 aliphatic rings. The van der Waals surface area contributed by atoms with Crippen molar-refractivity contribution in [2.24, 2.45) is 22.7 Å². The monoisotopic (exact) mass is 432 g/mol. The molecule has 1 aliphatic heterocycles. The normalized spacial score (nSPS) is 47.2. The Bertz CT molecular complexity index is 909. The van der Waals surface area contributed by atoms with Crippen molar-refractivity contribution < 1.29 is 23.5 Å². The van der Waals surface area contributed by atoms with Crippen molar-refractivity contribution in [2.75, 3.05) is 0 Å². The molecule has 0 N–H and O–H groups in total. The zero-order valence-corrected chi connectivity index (χ0v) is 18.6. The van der Waals surface area contributed by atoms with Crippen LogP contribution in [0.2, 0.25) is 0 Å². The van der Waals surface area contributed by atoms with Gasteiger partial charge in [0.25, 0.3) is 0 Å². The number of hydrogen-bond donors (Lipinski definition) is 0. The highest BCUT2D eigenvalue weighted by atomic mass is 32.2. The Hall–Kier alpha value is -1.43. The second kappa shape index (κ2) is 6.54. The molecule has 30 heavy (non-hydrogen) atoms. The van der Waals surface area contributed by atoms with Gasteiger partial charge >= 0.3 is 5.97 Å². The van der Waals surface area contributed by atoms with Crippen molar-refractivity contribution in [3.63, 3.8) is 0 Å². The lowest BCUT2D eigenvalue weighted by Gasteiger charge is -2.56. The van der Waals surface area contributed by atoms with Gasteiger partial charge in [-0.1, -0.05) is 42.8 Å². The van der Waals surface area contributed by atoms with Crippen LogP contribution in [0.25, 0.3) is 0 Å². The summed E-state index contributed by atoms with van der Waals surface area (Å²) >= 11 is 1.38. The summed E-state index contributed by atoms with van der Waals surface area (Å²) in [6.45, 7) is 6.02. The first-order valence-corrected chi connectivity index (χ1v) is 12.0. The van der Waals surface area contributed by atoms with Gasteiger partial charge in [-0.25, -0.2) is 9.18 Å². The lowest BCUT2D eigenvalue weighted by molar-refractivity contribution is -0.161. The Labute approximate surface area is 181 Å². The predicted octanol–water partition coefficient (Wildman–Crippen LogP) is 4.72. The summed E-state index contributed by atoms with van der Waals surface area (Å²) in [5.41, 5.74) is 1.31. The molecule has 0 aromatic rings. The number of rotatable bonds is 1. The lowest BCUT2D eigenvalue weighted by atomic mass is 9.50. The number of allylic oxidation sites excluding steroid dienone is 4. The van der Waals surface area contributed by atoms with Crippen LogP contribution in [0.3, 0.4) is 0 Å². The third-order valence-electron chi connectivity index (χ3n) is 9.01. The molecule has 1 heterocycles. The van der Waals surface area contributed by atoms with Crippen LogP contribution >= 0.6 is 11.8 Å². The van der Waals surface area contributed by atoms with Crippen LogP contribution in [0, 0.1) is 22.7 Å². The van der Waals surface area contributed by atoms with E-state index in [1.807, 2.05) is 6.08 Å². The molecule has 1 saturated heterocycles. The third-order valence-corrected chi connectivity index (χ3v) is 10.1. The van der Waals surface area contributed by atoms with Gasteiger partial charge in [0.05, 0.1) is 0 Å². The number of hydrogen-bond acceptors (Lipinski definition) is 5. The molecule has 0 aromatic heterocycles. The molecule has 0 radical (unpaired) electrons. The summed E-state index contributed by atoms with van der Waals surface area (Å²) in [6.07, 6.45) is 7.16. The molecule has 162 valence electrons. The maximum Gasteiger partial charge on any atom is 0.341 e. The Morgan fingerprint density at radius 3 is 2.70 bits per heavy atom. The van der Waals surface area contributed by atoms with E-state index in [-0.39, 0.29) is 45.2 Å². The van der Waals surface area contributed by atoms with Crippen molar-refractivity contribution in [3.05, 3.63) is 23.3 Å². The Kier molecular flexibility index (Phi) is 4.46. The van der Waals surface area contributed by atoms with Gasteiger partial charge in [-0.2, -0.15) is 0 Å². The van der Waals surface area contributed by atoms with Crippen molar-refractivity contribution in [1.29, 1.82) is 0 Å². The quantitative estimate of drug-likeness (QED) is 0.443. The van der Waals surface area contributed by atoms with E-state index in [2.05, 4.69) is 19.9 Å². The fourth-order valence-electron chi connectivity index (χ4n) is 7.39. The minimum atomic E-state index is -1.53. The standard InChI is InChI=1S/C24H29FO4S/c1-13(26)30-19-11-14-10-15(27)4-7-22(14,2)16-5-8-23(3)17(20(16)19)6-9-24(23)12-18(25)21(28)29-24/h5,10,17-20H,4,6-9,11-12H2,1-3H3/t17?,18?,19-,20?,22+,23+,24-/m1/s1. The molecule has 5 rings (SSSR count). The first kappa shape index (κ1) is 20.5. The average Bonchev–Trinajstić information content (AvgIpc) is 3.12. The molecule has 6 heteroatoms. The van der Waals surface area contributed by atoms with E-state index in [0.29, 0.717) is 12.8 Å². The fourth-order valence-corrected chi connectivity index (χ4v) is 8.56. The highest BCUT2D eigenvalue weighted by Crippen LogP contribution is 2.69. The van der Waals surface area contributed by atoms with Gasteiger partial charge < -0.3 is 4.74 Å². The van der Waals surface area contributed by atoms with E-state index in [0.717, 1.165) is 31.3 Å². The number of ketones is 1. The van der Waals surface area contributed by atoms with E-state index in [1.165, 1.54) is 17.3 Å². The van der Waals surface area contributed by atoms with Crippen molar-refractivity contribution in [2.45, 2.75) is 82.7 Å². The highest BCUT2D eigenvalue weighted by Gasteiger charge is 2.68. The number of ether oxygens (including phenoxy) is 1.